The number of halogens is 1. The Morgan fingerprint density at radius 1 is 1.40 bits per heavy atom. The van der Waals surface area contributed by atoms with Crippen LogP contribution < -0.4 is 0 Å². The van der Waals surface area contributed by atoms with Gasteiger partial charge in [0, 0.05) is 29.1 Å². The van der Waals surface area contributed by atoms with Crippen LogP contribution in [0.2, 0.25) is 0 Å². The second kappa shape index (κ2) is 3.43. The van der Waals surface area contributed by atoms with E-state index in [1.54, 1.807) is 34.4 Å². The summed E-state index contributed by atoms with van der Waals surface area (Å²) in [6, 6.07) is -0.146. The van der Waals surface area contributed by atoms with E-state index in [9.17, 15) is 9.59 Å². The first kappa shape index (κ1) is 11.4. The number of carbonyl (C=O) groups is 2. The van der Waals surface area contributed by atoms with E-state index in [4.69, 9.17) is 0 Å². The monoisotopic (exact) mass is 321 g/mol. The van der Waals surface area contributed by atoms with Gasteiger partial charge in [-0.05, 0) is 30.6 Å². The van der Waals surface area contributed by atoms with Crippen molar-refractivity contribution in [1.29, 1.82) is 0 Å². The Kier molecular flexibility index (Phi) is 2.60. The van der Waals surface area contributed by atoms with Crippen molar-refractivity contribution in [2.45, 2.75) is 33.2 Å². The van der Waals surface area contributed by atoms with Crippen LogP contribution in [0, 0.1) is 17.3 Å². The van der Waals surface area contributed by atoms with E-state index < -0.39 is 0 Å². The number of fused-ring (bicyclic) bond motifs is 1. The molecule has 0 aromatic rings. The molecule has 2 aliphatic rings. The molecule has 84 valence electrons. The summed E-state index contributed by atoms with van der Waals surface area (Å²) in [5.74, 6) is 1.07. The van der Waals surface area contributed by atoms with Gasteiger partial charge in [-0.3, -0.25) is 9.59 Å². The Hall–Kier alpha value is -0.130. The summed E-state index contributed by atoms with van der Waals surface area (Å²) in [6.07, 6.45) is 1.07. The summed E-state index contributed by atoms with van der Waals surface area (Å²) in [4.78, 5) is 24.8. The summed E-state index contributed by atoms with van der Waals surface area (Å²) in [5, 5.41) is 0. The molecule has 2 rings (SSSR count). The normalized spacial score (nSPS) is 37.1. The lowest BCUT2D eigenvalue weighted by Crippen LogP contribution is -2.47. The first-order valence-electron chi connectivity index (χ1n) is 5.31. The highest BCUT2D eigenvalue weighted by Crippen LogP contribution is 2.57. The molecule has 3 nitrogen and oxygen atoms in total. The highest BCUT2D eigenvalue weighted by atomic mass is 127. The minimum absolute atomic E-state index is 0.0120. The molecule has 0 bridgehead atoms. The van der Waals surface area contributed by atoms with Crippen molar-refractivity contribution in [3.05, 3.63) is 0 Å². The molecule has 0 radical (unpaired) electrons. The van der Waals surface area contributed by atoms with Crippen LogP contribution in [0.25, 0.3) is 0 Å². The van der Waals surface area contributed by atoms with Crippen LogP contribution in [0.5, 0.6) is 0 Å². The van der Waals surface area contributed by atoms with Crippen LogP contribution in [-0.4, -0.2) is 27.2 Å². The number of carbonyl (C=O) groups excluding carboxylic acids is 2. The van der Waals surface area contributed by atoms with Gasteiger partial charge in [-0.25, -0.2) is 0 Å². The van der Waals surface area contributed by atoms with Gasteiger partial charge in [0.05, 0.1) is 6.04 Å². The van der Waals surface area contributed by atoms with Crippen molar-refractivity contribution < 1.29 is 9.59 Å². The zero-order valence-electron chi connectivity index (χ0n) is 9.29. The van der Waals surface area contributed by atoms with Gasteiger partial charge >= 0.3 is 0 Å². The zero-order chi connectivity index (χ0) is 11.4. The average Bonchev–Trinajstić information content (AvgIpc) is 2.39. The number of ketones is 1. The Labute approximate surface area is 104 Å². The number of hydrogen-bond donors (Lipinski definition) is 0. The van der Waals surface area contributed by atoms with Crippen molar-refractivity contribution in [1.82, 2.24) is 4.90 Å². The van der Waals surface area contributed by atoms with E-state index in [1.807, 2.05) is 0 Å². The van der Waals surface area contributed by atoms with Crippen LogP contribution in [-0.2, 0) is 4.79 Å². The van der Waals surface area contributed by atoms with E-state index in [-0.39, 0.29) is 15.7 Å². The summed E-state index contributed by atoms with van der Waals surface area (Å²) in [6.45, 7) is 6.83. The maximum Gasteiger partial charge on any atom is 0.283 e. The maximum atomic E-state index is 11.6. The Morgan fingerprint density at radius 3 is 2.40 bits per heavy atom. The lowest BCUT2D eigenvalue weighted by Gasteiger charge is -2.48. The Balaban J connectivity index is 2.23. The number of hydrogen-bond acceptors (Lipinski definition) is 2. The number of likely N-dealkylation sites (tertiary alicyclic amines) is 1. The van der Waals surface area contributed by atoms with E-state index in [0.717, 1.165) is 13.0 Å². The fourth-order valence-corrected chi connectivity index (χ4v) is 3.79. The zero-order valence-corrected chi connectivity index (χ0v) is 11.4. The van der Waals surface area contributed by atoms with Crippen LogP contribution in [0.4, 0.5) is 4.79 Å². The number of rotatable bonds is 1. The molecule has 1 aliphatic heterocycles. The largest absolute Gasteiger partial charge is 0.323 e. The van der Waals surface area contributed by atoms with Crippen LogP contribution in [0.3, 0.4) is 0 Å². The third kappa shape index (κ3) is 1.61. The molecule has 0 aromatic heterocycles. The second-order valence-electron chi connectivity index (χ2n) is 5.42. The minimum atomic E-state index is -0.146. The fraction of sp³-hybridized carbons (Fsp3) is 0.818. The number of amides is 1. The third-order valence-corrected chi connectivity index (χ3v) is 4.68. The van der Waals surface area contributed by atoms with Crippen LogP contribution >= 0.6 is 22.6 Å². The highest BCUT2D eigenvalue weighted by molar-refractivity contribution is 14.1. The van der Waals surface area contributed by atoms with Crippen LogP contribution in [0.15, 0.2) is 0 Å². The first-order chi connectivity index (χ1) is 6.84. The van der Waals surface area contributed by atoms with Gasteiger partial charge in [0.25, 0.3) is 3.91 Å². The van der Waals surface area contributed by atoms with Crippen molar-refractivity contribution >= 4 is 32.3 Å². The molecule has 1 aliphatic carbocycles. The standard InChI is InChI=1S/C11H16INO2/c1-6(14)9-7-4-11(2,3)8(7)5-13(9)10(12)15/h7-9H,4-5H2,1-3H3/t7-,8-,9+/m0/s1. The highest BCUT2D eigenvalue weighted by Gasteiger charge is 2.58. The van der Waals surface area contributed by atoms with Gasteiger partial charge in [-0.2, -0.15) is 0 Å². The van der Waals surface area contributed by atoms with E-state index in [0.29, 0.717) is 17.3 Å². The average molecular weight is 321 g/mol. The van der Waals surface area contributed by atoms with E-state index >= 15 is 0 Å². The molecule has 0 unspecified atom stereocenters. The van der Waals surface area contributed by atoms with Gasteiger partial charge in [0.2, 0.25) is 0 Å². The van der Waals surface area contributed by atoms with Crippen molar-refractivity contribution in [2.24, 2.45) is 17.3 Å². The summed E-state index contributed by atoms with van der Waals surface area (Å²) >= 11 is 1.79. The molecular weight excluding hydrogens is 305 g/mol. The molecule has 15 heavy (non-hydrogen) atoms. The molecule has 2 fully saturated rings. The van der Waals surface area contributed by atoms with E-state index in [2.05, 4.69) is 13.8 Å². The Morgan fingerprint density at radius 2 is 2.00 bits per heavy atom. The third-order valence-electron chi connectivity index (χ3n) is 4.06. The molecule has 1 amide bonds. The molecule has 0 aromatic carbocycles. The topological polar surface area (TPSA) is 37.4 Å². The SMILES string of the molecule is CC(=O)[C@@H]1[C@H]2CC(C)(C)[C@H]2CN1C(=O)I. The van der Waals surface area contributed by atoms with Gasteiger partial charge in [0.1, 0.15) is 0 Å². The molecular formula is C11H16INO2. The minimum Gasteiger partial charge on any atom is -0.323 e. The molecule has 1 saturated carbocycles. The van der Waals surface area contributed by atoms with Gasteiger partial charge < -0.3 is 4.90 Å². The lowest BCUT2D eigenvalue weighted by atomic mass is 9.55. The molecule has 1 heterocycles. The number of nitrogens with zero attached hydrogens (tertiary/aromatic N) is 1. The number of Topliss-reactive ketones (excluding diaryl/α,β-unsaturated/α-hetero) is 1. The molecule has 3 atom stereocenters. The quantitative estimate of drug-likeness (QED) is 0.423. The lowest BCUT2D eigenvalue weighted by molar-refractivity contribution is -0.123. The summed E-state index contributed by atoms with van der Waals surface area (Å²) in [5.41, 5.74) is 0.305. The molecule has 0 N–H and O–H groups in total. The predicted octanol–water partition coefficient (Wildman–Crippen LogP) is 2.48. The second-order valence-corrected chi connectivity index (χ2v) is 6.35. The fourth-order valence-electron chi connectivity index (χ4n) is 3.29. The van der Waals surface area contributed by atoms with E-state index in [1.165, 1.54) is 0 Å². The van der Waals surface area contributed by atoms with Gasteiger partial charge in [-0.1, -0.05) is 13.8 Å². The van der Waals surface area contributed by atoms with Crippen molar-refractivity contribution in [2.75, 3.05) is 6.54 Å². The smallest absolute Gasteiger partial charge is 0.283 e. The molecule has 4 heteroatoms. The van der Waals surface area contributed by atoms with Crippen LogP contribution in [0.1, 0.15) is 27.2 Å². The summed E-state index contributed by atoms with van der Waals surface area (Å²) < 4.78 is 0.0120. The molecule has 0 spiro atoms. The van der Waals surface area contributed by atoms with Crippen molar-refractivity contribution in [3.8, 4) is 0 Å². The van der Waals surface area contributed by atoms with Gasteiger partial charge in [0.15, 0.2) is 5.78 Å². The van der Waals surface area contributed by atoms with Gasteiger partial charge in [-0.15, -0.1) is 0 Å². The first-order valence-corrected chi connectivity index (χ1v) is 6.39. The molecule has 1 saturated heterocycles. The Bertz CT molecular complexity index is 327. The maximum absolute atomic E-state index is 11.6. The predicted molar refractivity (Wildman–Crippen MR) is 66.0 cm³/mol. The summed E-state index contributed by atoms with van der Waals surface area (Å²) in [7, 11) is 0. The van der Waals surface area contributed by atoms with Crippen molar-refractivity contribution in [3.63, 3.8) is 0 Å².